The fourth-order valence-electron chi connectivity index (χ4n) is 3.17. The lowest BCUT2D eigenvalue weighted by Crippen LogP contribution is -2.36. The molecule has 24 heavy (non-hydrogen) atoms. The van der Waals surface area contributed by atoms with E-state index >= 15 is 0 Å². The molecule has 6 heteroatoms. The van der Waals surface area contributed by atoms with Gasteiger partial charge in [-0.2, -0.15) is 5.10 Å². The molecule has 1 amide bonds. The Hall–Kier alpha value is -2.34. The van der Waals surface area contributed by atoms with E-state index in [9.17, 15) is 4.79 Å². The number of hydrogen-bond acceptors (Lipinski definition) is 4. The van der Waals surface area contributed by atoms with Gasteiger partial charge in [0.25, 0.3) is 5.91 Å². The standard InChI is InChI=1S/C18H24N4O2/c1-21-13-15(11-20-21)18(23)19-12-17(22-9-3-4-10-22)14-5-7-16(24-2)8-6-14/h5-8,11,13,17H,3-4,9-10,12H2,1-2H3,(H,19,23). The van der Waals surface area contributed by atoms with E-state index in [1.807, 2.05) is 12.1 Å². The number of hydrogen-bond donors (Lipinski definition) is 1. The number of methoxy groups -OCH3 is 1. The lowest BCUT2D eigenvalue weighted by Gasteiger charge is -2.28. The number of amides is 1. The lowest BCUT2D eigenvalue weighted by atomic mass is 10.1. The van der Waals surface area contributed by atoms with E-state index in [1.165, 1.54) is 18.4 Å². The number of carbonyl (C=O) groups excluding carboxylic acids is 1. The van der Waals surface area contributed by atoms with Crippen molar-refractivity contribution in [1.29, 1.82) is 0 Å². The summed E-state index contributed by atoms with van der Waals surface area (Å²) in [6, 6.07) is 8.29. The van der Waals surface area contributed by atoms with Crippen LogP contribution in [0.4, 0.5) is 0 Å². The van der Waals surface area contributed by atoms with Crippen LogP contribution in [0, 0.1) is 0 Å². The molecule has 1 fully saturated rings. The predicted octanol–water partition coefficient (Wildman–Crippen LogP) is 2.00. The van der Waals surface area contributed by atoms with E-state index in [-0.39, 0.29) is 11.9 Å². The van der Waals surface area contributed by atoms with Crippen molar-refractivity contribution < 1.29 is 9.53 Å². The van der Waals surface area contributed by atoms with Crippen LogP contribution in [0.15, 0.2) is 36.7 Å². The Morgan fingerprint density at radius 1 is 1.29 bits per heavy atom. The van der Waals surface area contributed by atoms with Crippen molar-refractivity contribution >= 4 is 5.91 Å². The number of likely N-dealkylation sites (tertiary alicyclic amines) is 1. The van der Waals surface area contributed by atoms with Crippen LogP contribution in [0.1, 0.15) is 34.8 Å². The molecule has 1 unspecified atom stereocenters. The minimum Gasteiger partial charge on any atom is -0.497 e. The number of aryl methyl sites for hydroxylation is 1. The van der Waals surface area contributed by atoms with Crippen LogP contribution in [0.2, 0.25) is 0 Å². The molecule has 1 aromatic heterocycles. The molecule has 0 spiro atoms. The SMILES string of the molecule is COc1ccc(C(CNC(=O)c2cnn(C)c2)N2CCCC2)cc1. The third kappa shape index (κ3) is 3.76. The number of ether oxygens (including phenoxy) is 1. The van der Waals surface area contributed by atoms with Crippen molar-refractivity contribution in [2.75, 3.05) is 26.7 Å². The third-order valence-corrected chi connectivity index (χ3v) is 4.51. The number of aromatic nitrogens is 2. The van der Waals surface area contributed by atoms with Gasteiger partial charge in [0.15, 0.2) is 0 Å². The summed E-state index contributed by atoms with van der Waals surface area (Å²) < 4.78 is 6.88. The van der Waals surface area contributed by atoms with Gasteiger partial charge in [-0.1, -0.05) is 12.1 Å². The van der Waals surface area contributed by atoms with E-state index in [2.05, 4.69) is 27.4 Å². The van der Waals surface area contributed by atoms with Gasteiger partial charge in [0.1, 0.15) is 5.75 Å². The minimum absolute atomic E-state index is 0.0826. The highest BCUT2D eigenvalue weighted by molar-refractivity contribution is 5.93. The highest BCUT2D eigenvalue weighted by Crippen LogP contribution is 2.26. The maximum absolute atomic E-state index is 12.3. The molecule has 1 aromatic carbocycles. The first kappa shape index (κ1) is 16.5. The van der Waals surface area contributed by atoms with Crippen LogP contribution in [-0.2, 0) is 7.05 Å². The second kappa shape index (κ2) is 7.49. The monoisotopic (exact) mass is 328 g/mol. The van der Waals surface area contributed by atoms with Gasteiger partial charge in [-0.3, -0.25) is 14.4 Å². The molecular formula is C18H24N4O2. The summed E-state index contributed by atoms with van der Waals surface area (Å²) in [6.07, 6.45) is 5.74. The van der Waals surface area contributed by atoms with Gasteiger partial charge < -0.3 is 10.1 Å². The minimum atomic E-state index is -0.0826. The van der Waals surface area contributed by atoms with Crippen molar-refractivity contribution in [3.05, 3.63) is 47.8 Å². The van der Waals surface area contributed by atoms with Gasteiger partial charge in [0.2, 0.25) is 0 Å². The molecule has 1 saturated heterocycles. The van der Waals surface area contributed by atoms with Gasteiger partial charge in [0, 0.05) is 19.8 Å². The molecule has 0 bridgehead atoms. The molecule has 0 saturated carbocycles. The largest absolute Gasteiger partial charge is 0.497 e. The Morgan fingerprint density at radius 3 is 2.58 bits per heavy atom. The number of carbonyl (C=O) groups is 1. The number of nitrogens with zero attached hydrogens (tertiary/aromatic N) is 3. The zero-order valence-electron chi connectivity index (χ0n) is 14.2. The Kier molecular flexibility index (Phi) is 5.15. The van der Waals surface area contributed by atoms with Gasteiger partial charge in [-0.05, 0) is 43.6 Å². The summed E-state index contributed by atoms with van der Waals surface area (Å²) in [7, 11) is 3.47. The van der Waals surface area contributed by atoms with E-state index in [0.717, 1.165) is 18.8 Å². The predicted molar refractivity (Wildman–Crippen MR) is 92.1 cm³/mol. The molecule has 128 valence electrons. The molecule has 0 aliphatic carbocycles. The Labute approximate surface area is 142 Å². The second-order valence-electron chi connectivity index (χ2n) is 6.14. The Bertz CT molecular complexity index is 675. The average molecular weight is 328 g/mol. The van der Waals surface area contributed by atoms with Crippen LogP contribution < -0.4 is 10.1 Å². The maximum Gasteiger partial charge on any atom is 0.254 e. The fourth-order valence-corrected chi connectivity index (χ4v) is 3.17. The number of rotatable bonds is 6. The van der Waals surface area contributed by atoms with Crippen molar-refractivity contribution in [3.63, 3.8) is 0 Å². The molecule has 2 aromatic rings. The van der Waals surface area contributed by atoms with Gasteiger partial charge >= 0.3 is 0 Å². The fraction of sp³-hybridized carbons (Fsp3) is 0.444. The Morgan fingerprint density at radius 2 is 2.00 bits per heavy atom. The van der Waals surface area contributed by atoms with Crippen LogP contribution in [0.3, 0.4) is 0 Å². The van der Waals surface area contributed by atoms with Gasteiger partial charge in [-0.15, -0.1) is 0 Å². The van der Waals surface area contributed by atoms with Gasteiger partial charge in [-0.25, -0.2) is 0 Å². The zero-order valence-corrected chi connectivity index (χ0v) is 14.2. The first-order valence-electron chi connectivity index (χ1n) is 8.32. The Balaban J connectivity index is 1.71. The molecular weight excluding hydrogens is 304 g/mol. The molecule has 1 aliphatic rings. The van der Waals surface area contributed by atoms with E-state index < -0.39 is 0 Å². The van der Waals surface area contributed by atoms with E-state index in [0.29, 0.717) is 12.1 Å². The summed E-state index contributed by atoms with van der Waals surface area (Å²) in [5.41, 5.74) is 1.79. The van der Waals surface area contributed by atoms with Crippen LogP contribution in [-0.4, -0.2) is 47.3 Å². The summed E-state index contributed by atoms with van der Waals surface area (Å²) in [6.45, 7) is 2.72. The molecule has 0 radical (unpaired) electrons. The third-order valence-electron chi connectivity index (χ3n) is 4.51. The first-order chi connectivity index (χ1) is 11.7. The van der Waals surface area contributed by atoms with Crippen molar-refractivity contribution in [2.45, 2.75) is 18.9 Å². The van der Waals surface area contributed by atoms with Crippen molar-refractivity contribution in [2.24, 2.45) is 7.05 Å². The topological polar surface area (TPSA) is 59.4 Å². The molecule has 1 N–H and O–H groups in total. The van der Waals surface area contributed by atoms with Crippen LogP contribution in [0.25, 0.3) is 0 Å². The molecule has 1 atom stereocenters. The summed E-state index contributed by atoms with van der Waals surface area (Å²) in [4.78, 5) is 14.7. The van der Waals surface area contributed by atoms with Crippen LogP contribution in [0.5, 0.6) is 5.75 Å². The lowest BCUT2D eigenvalue weighted by molar-refractivity contribution is 0.0938. The molecule has 1 aliphatic heterocycles. The maximum atomic E-state index is 12.3. The molecule has 2 heterocycles. The van der Waals surface area contributed by atoms with Crippen molar-refractivity contribution in [1.82, 2.24) is 20.0 Å². The first-order valence-corrected chi connectivity index (χ1v) is 8.32. The highest BCUT2D eigenvalue weighted by Gasteiger charge is 2.24. The van der Waals surface area contributed by atoms with E-state index in [4.69, 9.17) is 4.74 Å². The summed E-state index contributed by atoms with van der Waals surface area (Å²) in [5, 5.41) is 7.10. The number of benzene rings is 1. The second-order valence-corrected chi connectivity index (χ2v) is 6.14. The smallest absolute Gasteiger partial charge is 0.254 e. The van der Waals surface area contributed by atoms with Crippen molar-refractivity contribution in [3.8, 4) is 5.75 Å². The zero-order chi connectivity index (χ0) is 16.9. The van der Waals surface area contributed by atoms with E-state index in [1.54, 1.807) is 31.2 Å². The summed E-state index contributed by atoms with van der Waals surface area (Å²) >= 11 is 0. The molecule has 3 rings (SSSR count). The van der Waals surface area contributed by atoms with Crippen LogP contribution >= 0.6 is 0 Å². The normalized spacial score (nSPS) is 16.1. The quantitative estimate of drug-likeness (QED) is 0.881. The molecule has 6 nitrogen and oxygen atoms in total. The highest BCUT2D eigenvalue weighted by atomic mass is 16.5. The number of nitrogens with one attached hydrogen (secondary N) is 1. The summed E-state index contributed by atoms with van der Waals surface area (Å²) in [5.74, 6) is 0.763. The average Bonchev–Trinajstić information content (AvgIpc) is 3.27. The van der Waals surface area contributed by atoms with Gasteiger partial charge in [0.05, 0.1) is 24.9 Å².